The monoisotopic (exact) mass is 418 g/mol. The topological polar surface area (TPSA) is 45.5 Å². The molecule has 160 valence electrons. The fourth-order valence-corrected chi connectivity index (χ4v) is 3.73. The van der Waals surface area contributed by atoms with Crippen molar-refractivity contribution >= 4 is 22.6 Å². The molecule has 0 unspecified atom stereocenters. The summed E-state index contributed by atoms with van der Waals surface area (Å²) in [6.45, 7) is 11.6. The molecule has 0 bridgehead atoms. The van der Waals surface area contributed by atoms with Crippen LogP contribution < -0.4 is 5.46 Å². The maximum absolute atomic E-state index is 6.16. The van der Waals surface area contributed by atoms with Gasteiger partial charge >= 0.3 is 7.12 Å². The average molecular weight is 418 g/mol. The summed E-state index contributed by atoms with van der Waals surface area (Å²) >= 11 is 0. The minimum Gasteiger partial charge on any atom is -0.399 e. The van der Waals surface area contributed by atoms with Gasteiger partial charge in [-0.2, -0.15) is 0 Å². The molecule has 0 spiro atoms. The van der Waals surface area contributed by atoms with E-state index in [1.165, 1.54) is 0 Å². The van der Waals surface area contributed by atoms with Crippen molar-refractivity contribution in [2.45, 2.75) is 52.6 Å². The van der Waals surface area contributed by atoms with Crippen molar-refractivity contribution < 1.29 is 14.0 Å². The van der Waals surface area contributed by atoms with E-state index in [-0.39, 0.29) is 18.3 Å². The van der Waals surface area contributed by atoms with Gasteiger partial charge in [-0.3, -0.25) is 0 Å². The Morgan fingerprint density at radius 3 is 2.17 bits per heavy atom. The fourth-order valence-electron chi connectivity index (χ4n) is 3.12. The van der Waals surface area contributed by atoms with Crippen LogP contribution in [0.2, 0.25) is 0 Å². The predicted octanol–water partition coefficient (Wildman–Crippen LogP) is 3.83. The number of rotatable bonds is 7. The van der Waals surface area contributed by atoms with E-state index in [9.17, 15) is 0 Å². The first-order chi connectivity index (χ1) is 13.4. The van der Waals surface area contributed by atoms with Crippen LogP contribution in [0, 0.1) is 6.92 Å². The minimum atomic E-state index is -0.539. The molecule has 0 N–H and O–H groups in total. The fraction of sp³-hybridized carbons (Fsp3) is 0.591. The van der Waals surface area contributed by atoms with Gasteiger partial charge in [0.25, 0.3) is 0 Å². The Labute approximate surface area is 177 Å². The summed E-state index contributed by atoms with van der Waals surface area (Å²) < 4.78 is 20.3. The van der Waals surface area contributed by atoms with E-state index < -0.39 is 10.0 Å². The molecule has 3 rings (SSSR count). The highest BCUT2D eigenvalue weighted by Crippen LogP contribution is 2.36. The summed E-state index contributed by atoms with van der Waals surface area (Å²) in [6, 6.07) is 8.29. The number of imidazole rings is 1. The van der Waals surface area contributed by atoms with Crippen LogP contribution in [0.1, 0.15) is 33.4 Å². The zero-order valence-corrected chi connectivity index (χ0v) is 19.9. The van der Waals surface area contributed by atoms with E-state index in [0.29, 0.717) is 6.73 Å². The minimum absolute atomic E-state index is 0.337. The van der Waals surface area contributed by atoms with Gasteiger partial charge in [0, 0.05) is 17.5 Å². The van der Waals surface area contributed by atoms with Crippen LogP contribution in [0.5, 0.6) is 0 Å². The van der Waals surface area contributed by atoms with E-state index >= 15 is 0 Å². The summed E-state index contributed by atoms with van der Waals surface area (Å²) in [4.78, 5) is 4.71. The van der Waals surface area contributed by atoms with E-state index in [0.717, 1.165) is 34.9 Å². The third kappa shape index (κ3) is 5.26. The summed E-state index contributed by atoms with van der Waals surface area (Å²) in [5, 5.41) is 0. The van der Waals surface area contributed by atoms with Crippen molar-refractivity contribution in [1.29, 1.82) is 0 Å². The maximum atomic E-state index is 6.16. The van der Waals surface area contributed by atoms with Crippen molar-refractivity contribution in [3.05, 3.63) is 36.2 Å². The van der Waals surface area contributed by atoms with E-state index in [1.807, 2.05) is 13.1 Å². The highest BCUT2D eigenvalue weighted by Gasteiger charge is 2.51. The highest BCUT2D eigenvalue weighted by atomic mass is 32.3. The van der Waals surface area contributed by atoms with Crippen LogP contribution in [0.25, 0.3) is 11.4 Å². The molecule has 2 aromatic rings. The van der Waals surface area contributed by atoms with Gasteiger partial charge in [-0.15, -0.1) is 0 Å². The van der Waals surface area contributed by atoms with Gasteiger partial charge in [0.15, 0.2) is 0 Å². The van der Waals surface area contributed by atoms with Crippen LogP contribution in [0.3, 0.4) is 0 Å². The van der Waals surface area contributed by atoms with Gasteiger partial charge < -0.3 is 18.6 Å². The lowest BCUT2D eigenvalue weighted by Gasteiger charge is -2.32. The van der Waals surface area contributed by atoms with Gasteiger partial charge in [0.2, 0.25) is 0 Å². The number of hydrogen-bond acceptors (Lipinski definition) is 4. The largest absolute Gasteiger partial charge is 0.494 e. The van der Waals surface area contributed by atoms with Gasteiger partial charge in [-0.1, -0.05) is 24.3 Å². The lowest BCUT2D eigenvalue weighted by Crippen LogP contribution is -2.41. The number of ether oxygens (including phenoxy) is 1. The zero-order chi connectivity index (χ0) is 21.4. The zero-order valence-electron chi connectivity index (χ0n) is 19.1. The van der Waals surface area contributed by atoms with Gasteiger partial charge in [0.05, 0.1) is 23.5 Å². The van der Waals surface area contributed by atoms with Crippen molar-refractivity contribution in [1.82, 2.24) is 9.55 Å². The Morgan fingerprint density at radius 1 is 1.03 bits per heavy atom. The molecule has 1 aromatic heterocycles. The Balaban J connectivity index is 1.71. The molecular weight excluding hydrogens is 383 g/mol. The molecule has 1 saturated heterocycles. The number of aryl methyl sites for hydroxylation is 1. The van der Waals surface area contributed by atoms with Crippen LogP contribution in [0.4, 0.5) is 0 Å². The molecule has 7 heteroatoms. The first-order valence-electron chi connectivity index (χ1n) is 10.1. The summed E-state index contributed by atoms with van der Waals surface area (Å²) in [7, 11) is -0.887. The van der Waals surface area contributed by atoms with E-state index in [2.05, 4.69) is 75.3 Å². The third-order valence-electron chi connectivity index (χ3n) is 5.66. The second kappa shape index (κ2) is 8.10. The van der Waals surface area contributed by atoms with Gasteiger partial charge in [-0.05, 0) is 58.8 Å². The van der Waals surface area contributed by atoms with Crippen LogP contribution in [-0.4, -0.2) is 59.0 Å². The molecule has 0 saturated carbocycles. The SMILES string of the molecule is Cc1cn(COCCS(C)(C)C)c(-c2ccc(B3OC(C)(C)C(C)(C)O3)cc2)n1. The molecule has 0 radical (unpaired) electrons. The Hall–Kier alpha value is -1.28. The highest BCUT2D eigenvalue weighted by molar-refractivity contribution is 8.32. The smallest absolute Gasteiger partial charge is 0.399 e. The van der Waals surface area contributed by atoms with Crippen molar-refractivity contribution in [2.24, 2.45) is 0 Å². The van der Waals surface area contributed by atoms with Gasteiger partial charge in [0.1, 0.15) is 12.6 Å². The number of hydrogen-bond donors (Lipinski definition) is 0. The van der Waals surface area contributed by atoms with Crippen LogP contribution >= 0.6 is 10.0 Å². The Kier molecular flexibility index (Phi) is 6.26. The average Bonchev–Trinajstić information content (AvgIpc) is 3.07. The standard InChI is InChI=1S/C22H35BN2O3S/c1-17-15-25(16-26-13-14-29(6,7)8)20(24-17)18-9-11-19(12-10-18)23-27-21(2,3)22(4,5)28-23/h9-12,15H,13-14,16H2,1-8H3. The first-order valence-corrected chi connectivity index (χ1v) is 13.1. The van der Waals surface area contributed by atoms with Crippen LogP contribution in [0.15, 0.2) is 30.5 Å². The normalized spacial score (nSPS) is 19.0. The molecule has 0 atom stereocenters. The predicted molar refractivity (Wildman–Crippen MR) is 124 cm³/mol. The quantitative estimate of drug-likeness (QED) is 0.507. The van der Waals surface area contributed by atoms with Crippen molar-refractivity contribution in [3.63, 3.8) is 0 Å². The Bertz CT molecular complexity index is 825. The summed E-state index contributed by atoms with van der Waals surface area (Å²) in [5.41, 5.74) is 2.39. The first kappa shape index (κ1) is 22.4. The van der Waals surface area contributed by atoms with Crippen LogP contribution in [-0.2, 0) is 20.8 Å². The van der Waals surface area contributed by atoms with Crippen molar-refractivity contribution in [3.8, 4) is 11.4 Å². The molecule has 2 heterocycles. The second-order valence-electron chi connectivity index (χ2n) is 9.72. The van der Waals surface area contributed by atoms with E-state index in [1.54, 1.807) is 0 Å². The second-order valence-corrected chi connectivity index (χ2v) is 14.3. The molecule has 29 heavy (non-hydrogen) atoms. The van der Waals surface area contributed by atoms with Crippen molar-refractivity contribution in [2.75, 3.05) is 31.1 Å². The number of benzene rings is 1. The molecule has 0 amide bonds. The molecule has 1 aromatic carbocycles. The van der Waals surface area contributed by atoms with E-state index in [4.69, 9.17) is 19.0 Å². The molecule has 1 fully saturated rings. The number of aromatic nitrogens is 2. The molecule has 1 aliphatic rings. The Morgan fingerprint density at radius 2 is 1.62 bits per heavy atom. The third-order valence-corrected chi connectivity index (χ3v) is 7.05. The number of nitrogens with zero attached hydrogens (tertiary/aromatic N) is 2. The summed E-state index contributed by atoms with van der Waals surface area (Å²) in [5.74, 6) is 2.03. The molecule has 1 aliphatic heterocycles. The molecule has 5 nitrogen and oxygen atoms in total. The molecular formula is C22H35BN2O3S. The molecule has 0 aliphatic carbocycles. The van der Waals surface area contributed by atoms with Gasteiger partial charge in [-0.25, -0.2) is 15.0 Å². The summed E-state index contributed by atoms with van der Waals surface area (Å²) in [6.07, 6.45) is 8.97. The maximum Gasteiger partial charge on any atom is 0.494 e. The lowest BCUT2D eigenvalue weighted by atomic mass is 9.79. The lowest BCUT2D eigenvalue weighted by molar-refractivity contribution is 0.00578.